The van der Waals surface area contributed by atoms with Crippen LogP contribution in [0.1, 0.15) is 61.3 Å². The van der Waals surface area contributed by atoms with Crippen LogP contribution in [0.25, 0.3) is 0 Å². The Balaban J connectivity index is 6.81. The molecule has 0 fully saturated rings. The van der Waals surface area contributed by atoms with E-state index in [1.54, 1.807) is 27.7 Å². The monoisotopic (exact) mass is 928 g/mol. The normalized spacial score (nSPS) is 17.6. The first-order chi connectivity index (χ1) is 25.2. The molecular weight excluding hydrogens is 888 g/mol. The van der Waals surface area contributed by atoms with E-state index in [1.807, 2.05) is 0 Å². The molecule has 6 nitrogen and oxygen atoms in total. The van der Waals surface area contributed by atoms with E-state index in [-0.39, 0.29) is 26.1 Å². The smallest absolute Gasteiger partial charge is 0.379 e. The van der Waals surface area contributed by atoms with Crippen molar-refractivity contribution in [2.75, 3.05) is 24.7 Å². The summed E-state index contributed by atoms with van der Waals surface area (Å²) in [6.07, 6.45) is -45.0. The summed E-state index contributed by atoms with van der Waals surface area (Å²) in [5.74, 6) is -17.5. The second-order valence-corrected chi connectivity index (χ2v) is 15.4. The molecule has 0 heterocycles. The molecule has 0 aliphatic heterocycles. The summed E-state index contributed by atoms with van der Waals surface area (Å²) in [5, 5.41) is -11.0. The van der Waals surface area contributed by atoms with Gasteiger partial charge in [-0.25, -0.2) is 8.78 Å². The molecule has 28 heteroatoms. The Morgan fingerprint density at radius 2 is 0.842 bits per heavy atom. The van der Waals surface area contributed by atoms with Crippen molar-refractivity contribution in [3.05, 3.63) is 0 Å². The quantitative estimate of drug-likeness (QED) is 0.0756. The molecule has 0 spiro atoms. The van der Waals surface area contributed by atoms with Gasteiger partial charge in [0.1, 0.15) is 0 Å². The van der Waals surface area contributed by atoms with Gasteiger partial charge in [0.15, 0.2) is 0 Å². The summed E-state index contributed by atoms with van der Waals surface area (Å²) in [7, 11) is 0. The van der Waals surface area contributed by atoms with Gasteiger partial charge >= 0.3 is 46.9 Å². The van der Waals surface area contributed by atoms with Gasteiger partial charge in [0, 0.05) is 24.7 Å². The minimum absolute atomic E-state index is 0.175. The third-order valence-corrected chi connectivity index (χ3v) is 8.91. The number of hydrogen-bond donors (Lipinski definition) is 0. The van der Waals surface area contributed by atoms with Gasteiger partial charge in [0.25, 0.3) is 12.7 Å². The summed E-state index contributed by atoms with van der Waals surface area (Å²) in [5.41, 5.74) is -1.65. The summed E-state index contributed by atoms with van der Waals surface area (Å²) in [4.78, 5) is 0. The van der Waals surface area contributed by atoms with Crippen molar-refractivity contribution in [1.29, 1.82) is 0 Å². The Morgan fingerprint density at radius 1 is 0.491 bits per heavy atom. The lowest BCUT2D eigenvalue weighted by Crippen LogP contribution is -2.55. The third kappa shape index (κ3) is 17.2. The van der Waals surface area contributed by atoms with E-state index < -0.39 is 131 Å². The zero-order valence-corrected chi connectivity index (χ0v) is 32.2. The van der Waals surface area contributed by atoms with Crippen LogP contribution in [0.3, 0.4) is 0 Å². The highest BCUT2D eigenvalue weighted by atomic mass is 32.2. The van der Waals surface area contributed by atoms with Crippen molar-refractivity contribution in [1.82, 2.24) is 0 Å². The first-order valence-corrected chi connectivity index (χ1v) is 18.0. The number of halogens is 20. The maximum Gasteiger partial charge on any atom is 0.462 e. The maximum atomic E-state index is 14.8. The van der Waals surface area contributed by atoms with Gasteiger partial charge in [0.2, 0.25) is 0 Å². The second-order valence-electron chi connectivity index (χ2n) is 13.1. The van der Waals surface area contributed by atoms with E-state index in [2.05, 4.69) is 9.47 Å². The Bertz CT molecular complexity index is 1190. The van der Waals surface area contributed by atoms with Gasteiger partial charge in [0.05, 0.1) is 36.1 Å². The molecule has 0 saturated carbocycles. The van der Waals surface area contributed by atoms with E-state index in [4.69, 9.17) is 18.9 Å². The lowest BCUT2D eigenvalue weighted by Gasteiger charge is -2.37. The highest BCUT2D eigenvalue weighted by Crippen LogP contribution is 2.51. The lowest BCUT2D eigenvalue weighted by atomic mass is 10.0. The van der Waals surface area contributed by atoms with E-state index >= 15 is 0 Å². The Morgan fingerprint density at radius 3 is 1.19 bits per heavy atom. The highest BCUT2D eigenvalue weighted by Gasteiger charge is 2.77. The largest absolute Gasteiger partial charge is 0.462 e. The van der Waals surface area contributed by atoms with Crippen molar-refractivity contribution in [2.24, 2.45) is 0 Å². The predicted molar refractivity (Wildman–Crippen MR) is 163 cm³/mol. The van der Waals surface area contributed by atoms with Crippen LogP contribution >= 0.6 is 23.5 Å². The van der Waals surface area contributed by atoms with Gasteiger partial charge in [-0.3, -0.25) is 9.47 Å². The zero-order valence-electron chi connectivity index (χ0n) is 30.6. The van der Waals surface area contributed by atoms with Crippen LogP contribution in [-0.4, -0.2) is 120 Å². The molecule has 57 heavy (non-hydrogen) atoms. The van der Waals surface area contributed by atoms with Gasteiger partial charge < -0.3 is 18.9 Å². The van der Waals surface area contributed by atoms with Crippen molar-refractivity contribution in [3.63, 3.8) is 0 Å². The Labute approximate surface area is 321 Å². The van der Waals surface area contributed by atoms with Gasteiger partial charge in [-0.1, -0.05) is 23.5 Å². The topological polar surface area (TPSA) is 55.4 Å². The number of alkyl halides is 20. The molecule has 0 N–H and O–H groups in total. The van der Waals surface area contributed by atoms with Crippen LogP contribution in [0.4, 0.5) is 87.8 Å². The summed E-state index contributed by atoms with van der Waals surface area (Å²) >= 11 is -2.37. The van der Waals surface area contributed by atoms with Gasteiger partial charge in [-0.2, -0.15) is 79.0 Å². The highest BCUT2D eigenvalue weighted by molar-refractivity contribution is 8.00. The molecular formula is C29H40F20O6S2. The fourth-order valence-corrected chi connectivity index (χ4v) is 5.40. The van der Waals surface area contributed by atoms with Crippen LogP contribution in [-0.2, 0) is 28.4 Å². The minimum atomic E-state index is -7.21. The maximum absolute atomic E-state index is 14.8. The standard InChI is InChI=1S/C29H40F20O6S2/c1-14(2)50-10-8-16(5)52-17(12-56-22(32,33)19(30)54-28(46,47)24(36,37)26(40,41)42)18(53-21(6,7)9-11-51-15(3)4)13-57-23(34,35)20(31)55-29(48,49)25(38,39)27(43,44)45/h14-20H,8-13H2,1-7H3. The molecule has 0 aliphatic rings. The first kappa shape index (κ1) is 56.1. The van der Waals surface area contributed by atoms with Crippen molar-refractivity contribution in [2.45, 2.75) is 157 Å². The van der Waals surface area contributed by atoms with Crippen LogP contribution < -0.4 is 0 Å². The summed E-state index contributed by atoms with van der Waals surface area (Å²) in [6.45, 7) is 9.44. The van der Waals surface area contributed by atoms with E-state index in [0.717, 1.165) is 0 Å². The molecule has 5 unspecified atom stereocenters. The lowest BCUT2D eigenvalue weighted by molar-refractivity contribution is -0.446. The molecule has 5 atom stereocenters. The molecule has 0 saturated heterocycles. The number of ether oxygens (including phenoxy) is 6. The number of hydrogen-bond acceptors (Lipinski definition) is 8. The zero-order chi connectivity index (χ0) is 45.4. The third-order valence-electron chi connectivity index (χ3n) is 6.78. The van der Waals surface area contributed by atoms with E-state index in [9.17, 15) is 87.8 Å². The SMILES string of the molecule is CC(C)OCCC(C)OC(CSC(F)(F)C(F)OC(F)(F)C(F)(F)C(F)(F)F)C(CSC(F)(F)C(F)OC(F)(F)C(F)(F)C(F)(F)F)OC(C)(C)CCOC(C)C. The molecule has 0 aromatic rings. The van der Waals surface area contributed by atoms with Crippen LogP contribution in [0.15, 0.2) is 0 Å². The van der Waals surface area contributed by atoms with Crippen LogP contribution in [0, 0.1) is 0 Å². The fourth-order valence-electron chi connectivity index (χ4n) is 3.69. The predicted octanol–water partition coefficient (Wildman–Crippen LogP) is 11.4. The summed E-state index contributed by atoms with van der Waals surface area (Å²) < 4.78 is 296. The average Bonchev–Trinajstić information content (AvgIpc) is 2.99. The summed E-state index contributed by atoms with van der Waals surface area (Å²) in [6, 6.07) is 0. The fraction of sp³-hybridized carbons (Fsp3) is 1.00. The Hall–Kier alpha value is -0.940. The molecule has 0 bridgehead atoms. The van der Waals surface area contributed by atoms with E-state index in [1.165, 1.54) is 20.8 Å². The molecule has 0 aromatic carbocycles. The van der Waals surface area contributed by atoms with Gasteiger partial charge in [-0.05, 0) is 61.3 Å². The molecule has 0 radical (unpaired) electrons. The van der Waals surface area contributed by atoms with Crippen molar-refractivity contribution >= 4 is 23.5 Å². The molecule has 0 amide bonds. The Kier molecular flexibility index (Phi) is 20.4. The van der Waals surface area contributed by atoms with Crippen molar-refractivity contribution < 1.29 is 116 Å². The average molecular weight is 929 g/mol. The van der Waals surface area contributed by atoms with Crippen LogP contribution in [0.5, 0.6) is 0 Å². The minimum Gasteiger partial charge on any atom is -0.379 e. The number of rotatable bonds is 27. The second kappa shape index (κ2) is 20.8. The molecule has 0 rings (SSSR count). The first-order valence-electron chi connectivity index (χ1n) is 16.0. The molecule has 344 valence electrons. The van der Waals surface area contributed by atoms with Crippen molar-refractivity contribution in [3.8, 4) is 0 Å². The van der Waals surface area contributed by atoms with Crippen LogP contribution in [0.2, 0.25) is 0 Å². The van der Waals surface area contributed by atoms with E-state index in [0.29, 0.717) is 0 Å². The molecule has 0 aliphatic carbocycles. The molecule has 0 aromatic heterocycles. The van der Waals surface area contributed by atoms with Gasteiger partial charge in [-0.15, -0.1) is 0 Å². The number of thioether (sulfide) groups is 2.